The van der Waals surface area contributed by atoms with Crippen LogP contribution in [0.25, 0.3) is 10.2 Å². The summed E-state index contributed by atoms with van der Waals surface area (Å²) in [4.78, 5) is 30.6. The molecule has 0 saturated heterocycles. The number of anilines is 1. The van der Waals surface area contributed by atoms with Gasteiger partial charge in [0.05, 0.1) is 17.4 Å². The summed E-state index contributed by atoms with van der Waals surface area (Å²) in [5.74, 6) is -1.06. The Morgan fingerprint density at radius 3 is 2.71 bits per heavy atom. The van der Waals surface area contributed by atoms with Crippen LogP contribution in [-0.4, -0.2) is 21.8 Å². The number of nitrogens with zero attached hydrogens (tertiary/aromatic N) is 2. The second-order valence-corrected chi connectivity index (χ2v) is 7.25. The molecule has 2 heterocycles. The minimum absolute atomic E-state index is 0.0459. The van der Waals surface area contributed by atoms with Crippen molar-refractivity contribution >= 4 is 33.1 Å². The molecule has 3 aromatic rings. The number of hydrogen-bond acceptors (Lipinski definition) is 5. The van der Waals surface area contributed by atoms with Crippen LogP contribution in [0.5, 0.6) is 5.75 Å². The standard InChI is InChI=1S/C18H16F3N3O3S/c1-10-11(2)28-16-15(10)17(26)24(9-22-16)8-7-14(25)23-12-5-3-4-6-13(12)27-18(19,20)21/h3-6,9H,7-8H2,1-2H3,(H,23,25). The Hall–Kier alpha value is -2.88. The number of nitrogens with one attached hydrogen (secondary N) is 1. The average Bonchev–Trinajstić information content (AvgIpc) is 2.90. The minimum Gasteiger partial charge on any atom is -0.404 e. The van der Waals surface area contributed by atoms with Crippen molar-refractivity contribution in [1.82, 2.24) is 9.55 Å². The number of carbonyl (C=O) groups excluding carboxylic acids is 1. The van der Waals surface area contributed by atoms with Crippen molar-refractivity contribution in [2.24, 2.45) is 0 Å². The van der Waals surface area contributed by atoms with E-state index in [1.54, 1.807) is 0 Å². The number of carbonyl (C=O) groups is 1. The lowest BCUT2D eigenvalue weighted by Crippen LogP contribution is -2.24. The quantitative estimate of drug-likeness (QED) is 0.689. The van der Waals surface area contributed by atoms with Crippen molar-refractivity contribution in [3.05, 3.63) is 51.4 Å². The Morgan fingerprint density at radius 1 is 1.29 bits per heavy atom. The number of amides is 1. The number of halogens is 3. The molecule has 148 valence electrons. The lowest BCUT2D eigenvalue weighted by atomic mass is 10.2. The van der Waals surface area contributed by atoms with E-state index in [0.717, 1.165) is 16.5 Å². The molecule has 3 rings (SSSR count). The van der Waals surface area contributed by atoms with Gasteiger partial charge in [-0.15, -0.1) is 24.5 Å². The zero-order valence-electron chi connectivity index (χ0n) is 15.0. The Labute approximate surface area is 161 Å². The number of aromatic nitrogens is 2. The van der Waals surface area contributed by atoms with Crippen molar-refractivity contribution in [3.8, 4) is 5.75 Å². The number of fused-ring (bicyclic) bond motifs is 1. The lowest BCUT2D eigenvalue weighted by molar-refractivity contribution is -0.274. The van der Waals surface area contributed by atoms with Gasteiger partial charge >= 0.3 is 6.36 Å². The molecule has 2 aromatic heterocycles. The second kappa shape index (κ2) is 7.63. The summed E-state index contributed by atoms with van der Waals surface area (Å²) in [6.45, 7) is 3.79. The highest BCUT2D eigenvalue weighted by atomic mass is 32.1. The maximum Gasteiger partial charge on any atom is 0.573 e. The molecule has 0 unspecified atom stereocenters. The Morgan fingerprint density at radius 2 is 2.00 bits per heavy atom. The summed E-state index contributed by atoms with van der Waals surface area (Å²) in [5.41, 5.74) is 0.505. The summed E-state index contributed by atoms with van der Waals surface area (Å²) in [6, 6.07) is 5.24. The van der Waals surface area contributed by atoms with Gasteiger partial charge in [-0.05, 0) is 31.5 Å². The molecular formula is C18H16F3N3O3S. The van der Waals surface area contributed by atoms with E-state index in [4.69, 9.17) is 0 Å². The molecule has 0 bridgehead atoms. The SMILES string of the molecule is Cc1sc2ncn(CCC(=O)Nc3ccccc3OC(F)(F)F)c(=O)c2c1C. The summed E-state index contributed by atoms with van der Waals surface area (Å²) in [7, 11) is 0. The fourth-order valence-electron chi connectivity index (χ4n) is 2.65. The average molecular weight is 411 g/mol. The molecule has 28 heavy (non-hydrogen) atoms. The maximum atomic E-state index is 12.6. The molecule has 0 spiro atoms. The number of benzene rings is 1. The van der Waals surface area contributed by atoms with Gasteiger partial charge in [-0.2, -0.15) is 0 Å². The van der Waals surface area contributed by atoms with Crippen LogP contribution < -0.4 is 15.6 Å². The third-order valence-electron chi connectivity index (χ3n) is 4.12. The molecule has 1 N–H and O–H groups in total. The fourth-order valence-corrected chi connectivity index (χ4v) is 3.64. The van der Waals surface area contributed by atoms with E-state index in [1.807, 2.05) is 13.8 Å². The fraction of sp³-hybridized carbons (Fsp3) is 0.278. The molecule has 10 heteroatoms. The van der Waals surface area contributed by atoms with Crippen LogP contribution >= 0.6 is 11.3 Å². The predicted molar refractivity (Wildman–Crippen MR) is 99.7 cm³/mol. The smallest absolute Gasteiger partial charge is 0.404 e. The van der Waals surface area contributed by atoms with Gasteiger partial charge in [0, 0.05) is 17.8 Å². The zero-order chi connectivity index (χ0) is 20.5. The third-order valence-corrected chi connectivity index (χ3v) is 5.24. The Kier molecular flexibility index (Phi) is 5.41. The zero-order valence-corrected chi connectivity index (χ0v) is 15.8. The topological polar surface area (TPSA) is 73.2 Å². The van der Waals surface area contributed by atoms with E-state index >= 15 is 0 Å². The Bertz CT molecular complexity index is 1090. The third kappa shape index (κ3) is 4.33. The summed E-state index contributed by atoms with van der Waals surface area (Å²) in [5, 5.41) is 2.90. The van der Waals surface area contributed by atoms with Gasteiger partial charge in [0.2, 0.25) is 5.91 Å². The molecule has 0 radical (unpaired) electrons. The highest BCUT2D eigenvalue weighted by molar-refractivity contribution is 7.18. The van der Waals surface area contributed by atoms with Crippen molar-refractivity contribution in [1.29, 1.82) is 0 Å². The van der Waals surface area contributed by atoms with Crippen LogP contribution in [0.3, 0.4) is 0 Å². The molecule has 0 atom stereocenters. The van der Waals surface area contributed by atoms with Gasteiger partial charge in [0.25, 0.3) is 5.56 Å². The highest BCUT2D eigenvalue weighted by Crippen LogP contribution is 2.30. The number of ether oxygens (including phenoxy) is 1. The van der Waals surface area contributed by atoms with E-state index in [9.17, 15) is 22.8 Å². The van der Waals surface area contributed by atoms with Crippen LogP contribution in [0, 0.1) is 13.8 Å². The molecule has 0 fully saturated rings. The molecule has 6 nitrogen and oxygen atoms in total. The Balaban J connectivity index is 1.72. The molecule has 0 saturated carbocycles. The first-order chi connectivity index (χ1) is 13.2. The van der Waals surface area contributed by atoms with E-state index < -0.39 is 18.0 Å². The molecule has 0 aliphatic carbocycles. The summed E-state index contributed by atoms with van der Waals surface area (Å²) < 4.78 is 42.6. The maximum absolute atomic E-state index is 12.6. The van der Waals surface area contributed by atoms with Gasteiger partial charge < -0.3 is 10.1 Å². The van der Waals surface area contributed by atoms with Crippen molar-refractivity contribution < 1.29 is 22.7 Å². The van der Waals surface area contributed by atoms with E-state index in [2.05, 4.69) is 15.0 Å². The molecular weight excluding hydrogens is 395 g/mol. The number of aryl methyl sites for hydroxylation is 3. The second-order valence-electron chi connectivity index (χ2n) is 6.05. The van der Waals surface area contributed by atoms with E-state index in [-0.39, 0.29) is 24.2 Å². The van der Waals surface area contributed by atoms with Crippen LogP contribution in [-0.2, 0) is 11.3 Å². The van der Waals surface area contributed by atoms with Crippen molar-refractivity contribution in [2.45, 2.75) is 33.2 Å². The number of hydrogen-bond donors (Lipinski definition) is 1. The first-order valence-electron chi connectivity index (χ1n) is 8.25. The predicted octanol–water partition coefficient (Wildman–Crippen LogP) is 4.00. The van der Waals surface area contributed by atoms with Gasteiger partial charge in [-0.3, -0.25) is 14.2 Å². The molecule has 1 aromatic carbocycles. The minimum atomic E-state index is -4.87. The number of alkyl halides is 3. The number of rotatable bonds is 5. The molecule has 1 amide bonds. The van der Waals surface area contributed by atoms with Gasteiger partial charge in [0.15, 0.2) is 5.75 Å². The highest BCUT2D eigenvalue weighted by Gasteiger charge is 2.32. The van der Waals surface area contributed by atoms with Crippen LogP contribution in [0.1, 0.15) is 16.9 Å². The first-order valence-corrected chi connectivity index (χ1v) is 9.07. The molecule has 0 aliphatic rings. The van der Waals surface area contributed by atoms with E-state index in [1.165, 1.54) is 40.4 Å². The largest absolute Gasteiger partial charge is 0.573 e. The van der Waals surface area contributed by atoms with Crippen molar-refractivity contribution in [2.75, 3.05) is 5.32 Å². The van der Waals surface area contributed by atoms with Crippen LogP contribution in [0.4, 0.5) is 18.9 Å². The van der Waals surface area contributed by atoms with E-state index in [0.29, 0.717) is 10.2 Å². The first kappa shape index (κ1) is 19.9. The van der Waals surface area contributed by atoms with Gasteiger partial charge in [-0.1, -0.05) is 12.1 Å². The van der Waals surface area contributed by atoms with Crippen LogP contribution in [0.15, 0.2) is 35.4 Å². The van der Waals surface area contributed by atoms with Crippen LogP contribution in [0.2, 0.25) is 0 Å². The summed E-state index contributed by atoms with van der Waals surface area (Å²) in [6.07, 6.45) is -3.62. The van der Waals surface area contributed by atoms with Crippen molar-refractivity contribution in [3.63, 3.8) is 0 Å². The number of thiophene rings is 1. The van der Waals surface area contributed by atoms with Gasteiger partial charge in [0.1, 0.15) is 4.83 Å². The number of para-hydroxylation sites is 2. The lowest BCUT2D eigenvalue weighted by Gasteiger charge is -2.14. The normalized spacial score (nSPS) is 11.6. The van der Waals surface area contributed by atoms with Gasteiger partial charge in [-0.25, -0.2) is 4.98 Å². The summed E-state index contributed by atoms with van der Waals surface area (Å²) >= 11 is 1.42. The monoisotopic (exact) mass is 411 g/mol. The molecule has 0 aliphatic heterocycles.